The summed E-state index contributed by atoms with van der Waals surface area (Å²) in [6.45, 7) is 7.00. The summed E-state index contributed by atoms with van der Waals surface area (Å²) in [7, 11) is 0. The molecule has 0 unspecified atom stereocenters. The van der Waals surface area contributed by atoms with E-state index in [1.54, 1.807) is 6.26 Å². The van der Waals surface area contributed by atoms with Crippen molar-refractivity contribution in [3.05, 3.63) is 54.2 Å². The summed E-state index contributed by atoms with van der Waals surface area (Å²) < 4.78 is 5.16. The Kier molecular flexibility index (Phi) is 3.28. The fourth-order valence-electron chi connectivity index (χ4n) is 3.82. The molecule has 4 rings (SSSR count). The summed E-state index contributed by atoms with van der Waals surface area (Å²) in [6, 6.07) is 6.30. The van der Waals surface area contributed by atoms with Crippen LogP contribution in [0.4, 0.5) is 0 Å². The average molecular weight is 283 g/mol. The van der Waals surface area contributed by atoms with Gasteiger partial charge in [-0.3, -0.25) is 14.8 Å². The van der Waals surface area contributed by atoms with Gasteiger partial charge in [-0.15, -0.1) is 0 Å². The molecule has 0 amide bonds. The third-order valence-corrected chi connectivity index (χ3v) is 4.78. The van der Waals surface area contributed by atoms with Gasteiger partial charge in [0.05, 0.1) is 12.5 Å². The summed E-state index contributed by atoms with van der Waals surface area (Å²) >= 11 is 0. The lowest BCUT2D eigenvalue weighted by Crippen LogP contribution is -2.56. The highest BCUT2D eigenvalue weighted by Crippen LogP contribution is 2.40. The van der Waals surface area contributed by atoms with Crippen LogP contribution in [0.15, 0.2) is 47.5 Å². The molecule has 21 heavy (non-hydrogen) atoms. The molecule has 0 N–H and O–H groups in total. The highest BCUT2D eigenvalue weighted by molar-refractivity contribution is 5.12. The van der Waals surface area contributed by atoms with Crippen molar-refractivity contribution in [3.63, 3.8) is 0 Å². The van der Waals surface area contributed by atoms with Crippen LogP contribution in [-0.4, -0.2) is 41.0 Å². The van der Waals surface area contributed by atoms with Gasteiger partial charge in [-0.05, 0) is 36.7 Å². The van der Waals surface area contributed by atoms with Crippen molar-refractivity contribution in [2.45, 2.75) is 19.5 Å². The zero-order valence-corrected chi connectivity index (χ0v) is 12.2. The van der Waals surface area contributed by atoms with Crippen molar-refractivity contribution < 1.29 is 4.42 Å². The van der Waals surface area contributed by atoms with Crippen LogP contribution < -0.4 is 0 Å². The van der Waals surface area contributed by atoms with Crippen LogP contribution in [-0.2, 0) is 13.1 Å². The summed E-state index contributed by atoms with van der Waals surface area (Å²) in [5, 5.41) is 0. The third kappa shape index (κ3) is 2.74. The van der Waals surface area contributed by atoms with Gasteiger partial charge >= 0.3 is 0 Å². The lowest BCUT2D eigenvalue weighted by atomic mass is 9.79. The standard InChI is InChI=1S/C17H21N3O/c1-5-18-6-2-15(1)9-20-13-17(14-20)4-7-19(12-17)10-16-3-8-21-11-16/h1-3,5-6,8,11H,4,7,9-10,12-14H2. The highest BCUT2D eigenvalue weighted by atomic mass is 16.3. The molecule has 1 spiro atoms. The minimum atomic E-state index is 0.538. The molecule has 2 aromatic heterocycles. The van der Waals surface area contributed by atoms with Crippen molar-refractivity contribution in [1.29, 1.82) is 0 Å². The molecule has 4 nitrogen and oxygen atoms in total. The SMILES string of the molecule is c1cc(CN2CC3(CCN(Cc4ccoc4)C3)C2)ccn1. The fraction of sp³-hybridized carbons (Fsp3) is 0.471. The van der Waals surface area contributed by atoms with Crippen LogP contribution in [0.5, 0.6) is 0 Å². The Labute approximate surface area is 125 Å². The highest BCUT2D eigenvalue weighted by Gasteiger charge is 2.47. The molecule has 0 bridgehead atoms. The smallest absolute Gasteiger partial charge is 0.0947 e. The third-order valence-electron chi connectivity index (χ3n) is 4.78. The van der Waals surface area contributed by atoms with E-state index in [1.165, 1.54) is 43.7 Å². The molecule has 0 atom stereocenters. The minimum Gasteiger partial charge on any atom is -0.472 e. The predicted octanol–water partition coefficient (Wildman–Crippen LogP) is 2.38. The molecule has 2 saturated heterocycles. The maximum Gasteiger partial charge on any atom is 0.0947 e. The van der Waals surface area contributed by atoms with E-state index in [-0.39, 0.29) is 0 Å². The van der Waals surface area contributed by atoms with Crippen molar-refractivity contribution in [2.75, 3.05) is 26.2 Å². The van der Waals surface area contributed by atoms with Gasteiger partial charge in [0.2, 0.25) is 0 Å². The fourth-order valence-corrected chi connectivity index (χ4v) is 3.82. The van der Waals surface area contributed by atoms with Crippen molar-refractivity contribution in [1.82, 2.24) is 14.8 Å². The van der Waals surface area contributed by atoms with Crippen LogP contribution >= 0.6 is 0 Å². The van der Waals surface area contributed by atoms with Crippen LogP contribution in [0.1, 0.15) is 17.5 Å². The van der Waals surface area contributed by atoms with E-state index >= 15 is 0 Å². The summed E-state index contributed by atoms with van der Waals surface area (Å²) in [6.07, 6.45) is 8.72. The maximum atomic E-state index is 5.16. The molecule has 2 aliphatic heterocycles. The monoisotopic (exact) mass is 283 g/mol. The van der Waals surface area contributed by atoms with Crippen LogP contribution in [0, 0.1) is 5.41 Å². The Bertz CT molecular complexity index is 575. The second kappa shape index (κ2) is 5.28. The molecule has 0 aliphatic carbocycles. The lowest BCUT2D eigenvalue weighted by molar-refractivity contribution is 0.00158. The molecule has 110 valence electrons. The van der Waals surface area contributed by atoms with Crippen LogP contribution in [0.25, 0.3) is 0 Å². The summed E-state index contributed by atoms with van der Waals surface area (Å²) in [5.74, 6) is 0. The normalized spacial score (nSPS) is 21.7. The first-order chi connectivity index (χ1) is 10.3. The van der Waals surface area contributed by atoms with E-state index in [1.807, 2.05) is 18.7 Å². The molecule has 0 aromatic carbocycles. The van der Waals surface area contributed by atoms with Gasteiger partial charge in [-0.2, -0.15) is 0 Å². The number of hydrogen-bond acceptors (Lipinski definition) is 4. The molecular formula is C17H21N3O. The van der Waals surface area contributed by atoms with Crippen molar-refractivity contribution >= 4 is 0 Å². The maximum absolute atomic E-state index is 5.16. The Morgan fingerprint density at radius 1 is 1.00 bits per heavy atom. The zero-order chi connectivity index (χ0) is 14.1. The van der Waals surface area contributed by atoms with Gasteiger partial charge in [-0.25, -0.2) is 0 Å². The van der Waals surface area contributed by atoms with Gasteiger partial charge in [0.25, 0.3) is 0 Å². The minimum absolute atomic E-state index is 0.538. The number of likely N-dealkylation sites (tertiary alicyclic amines) is 2. The Morgan fingerprint density at radius 3 is 2.52 bits per heavy atom. The molecular weight excluding hydrogens is 262 g/mol. The topological polar surface area (TPSA) is 32.5 Å². The average Bonchev–Trinajstić information content (AvgIpc) is 3.10. The van der Waals surface area contributed by atoms with Gasteiger partial charge in [0.15, 0.2) is 0 Å². The van der Waals surface area contributed by atoms with Gasteiger partial charge in [0.1, 0.15) is 0 Å². The first kappa shape index (κ1) is 13.0. The van der Waals surface area contributed by atoms with E-state index in [0.29, 0.717) is 5.41 Å². The molecule has 2 fully saturated rings. The number of nitrogens with zero attached hydrogens (tertiary/aromatic N) is 3. The summed E-state index contributed by atoms with van der Waals surface area (Å²) in [4.78, 5) is 9.20. The van der Waals surface area contributed by atoms with E-state index in [2.05, 4.69) is 33.0 Å². The zero-order valence-electron chi connectivity index (χ0n) is 12.2. The lowest BCUT2D eigenvalue weighted by Gasteiger charge is -2.48. The second-order valence-corrected chi connectivity index (χ2v) is 6.59. The van der Waals surface area contributed by atoms with Crippen molar-refractivity contribution in [2.24, 2.45) is 5.41 Å². The summed E-state index contributed by atoms with van der Waals surface area (Å²) in [5.41, 5.74) is 3.20. The second-order valence-electron chi connectivity index (χ2n) is 6.59. The Balaban J connectivity index is 1.29. The van der Waals surface area contributed by atoms with Crippen LogP contribution in [0.3, 0.4) is 0 Å². The van der Waals surface area contributed by atoms with Gasteiger partial charge < -0.3 is 4.42 Å². The first-order valence-electron chi connectivity index (χ1n) is 7.66. The molecule has 2 aliphatic rings. The quantitative estimate of drug-likeness (QED) is 0.862. The van der Waals surface area contributed by atoms with E-state index < -0.39 is 0 Å². The van der Waals surface area contributed by atoms with E-state index in [0.717, 1.165) is 13.1 Å². The Morgan fingerprint density at radius 2 is 1.76 bits per heavy atom. The molecule has 4 heteroatoms. The number of pyridine rings is 1. The molecule has 0 radical (unpaired) electrons. The Hall–Kier alpha value is -1.65. The number of furan rings is 1. The molecule has 2 aromatic rings. The largest absolute Gasteiger partial charge is 0.472 e. The van der Waals surface area contributed by atoms with E-state index in [4.69, 9.17) is 4.42 Å². The predicted molar refractivity (Wildman–Crippen MR) is 80.5 cm³/mol. The molecule has 0 saturated carbocycles. The number of rotatable bonds is 4. The van der Waals surface area contributed by atoms with Crippen molar-refractivity contribution in [3.8, 4) is 0 Å². The number of aromatic nitrogens is 1. The molecule has 4 heterocycles. The van der Waals surface area contributed by atoms with E-state index in [9.17, 15) is 0 Å². The van der Waals surface area contributed by atoms with Gasteiger partial charge in [-0.1, -0.05) is 0 Å². The number of hydrogen-bond donors (Lipinski definition) is 0. The van der Waals surface area contributed by atoms with Gasteiger partial charge in [0, 0.05) is 56.1 Å². The van der Waals surface area contributed by atoms with Crippen LogP contribution in [0.2, 0.25) is 0 Å². The first-order valence-corrected chi connectivity index (χ1v) is 7.66.